The van der Waals surface area contributed by atoms with Crippen LogP contribution in [0.1, 0.15) is 115 Å². The molecule has 0 amide bonds. The van der Waals surface area contributed by atoms with Crippen LogP contribution in [0.25, 0.3) is 0 Å². The van der Waals surface area contributed by atoms with Crippen molar-refractivity contribution in [2.24, 2.45) is 0 Å². The zero-order chi connectivity index (χ0) is 18.0. The number of unbranched alkanes of at least 4 members (excludes halogenated alkanes) is 15. The lowest BCUT2D eigenvalue weighted by Crippen LogP contribution is -1.87. The van der Waals surface area contributed by atoms with E-state index in [1.54, 1.807) is 6.07 Å². The third-order valence-corrected chi connectivity index (χ3v) is 5.27. The summed E-state index contributed by atoms with van der Waals surface area (Å²) < 4.78 is 0. The number of benzene rings is 1. The molecule has 0 aliphatic heterocycles. The molecule has 1 rings (SSSR count). The molecule has 1 radical (unpaired) electrons. The van der Waals surface area contributed by atoms with Gasteiger partial charge in [-0.25, -0.2) is 0 Å². The molecular weight excluding hydrogens is 304 g/mol. The third-order valence-electron chi connectivity index (χ3n) is 5.27. The zero-order valence-electron chi connectivity index (χ0n) is 16.7. The van der Waals surface area contributed by atoms with Crippen molar-refractivity contribution in [1.82, 2.24) is 0 Å². The summed E-state index contributed by atoms with van der Waals surface area (Å²) in [6.45, 7) is 2.29. The van der Waals surface area contributed by atoms with Gasteiger partial charge < -0.3 is 0 Å². The molecule has 0 bridgehead atoms. The number of aryl methyl sites for hydroxylation is 1. The highest BCUT2D eigenvalue weighted by molar-refractivity contribution is 5.31. The lowest BCUT2D eigenvalue weighted by Gasteiger charge is -2.04. The highest BCUT2D eigenvalue weighted by atomic mass is 16.3. The monoisotopic (exact) mass is 345 g/mol. The van der Waals surface area contributed by atoms with Crippen molar-refractivity contribution in [1.29, 1.82) is 0 Å². The molecule has 0 N–H and O–H groups in total. The van der Waals surface area contributed by atoms with E-state index in [0.29, 0.717) is 0 Å². The van der Waals surface area contributed by atoms with Gasteiger partial charge in [-0.1, -0.05) is 121 Å². The minimum absolute atomic E-state index is 0.212. The van der Waals surface area contributed by atoms with Gasteiger partial charge >= 0.3 is 0 Å². The minimum atomic E-state index is 0.212. The Hall–Kier alpha value is -0.980. The lowest BCUT2D eigenvalue weighted by atomic mass is 10.0. The van der Waals surface area contributed by atoms with Gasteiger partial charge in [0, 0.05) is 0 Å². The predicted octanol–water partition coefficient (Wildman–Crippen LogP) is 8.63. The fourth-order valence-corrected chi connectivity index (χ4v) is 3.57. The Morgan fingerprint density at radius 3 is 1.40 bits per heavy atom. The van der Waals surface area contributed by atoms with E-state index in [0.717, 1.165) is 18.4 Å². The van der Waals surface area contributed by atoms with Crippen LogP contribution in [0.5, 0.6) is 5.75 Å². The molecule has 1 aromatic rings. The molecule has 0 aliphatic carbocycles. The molecule has 1 heteroatoms. The molecule has 1 nitrogen and oxygen atoms in total. The average Bonchev–Trinajstić information content (AvgIpc) is 2.63. The van der Waals surface area contributed by atoms with Crippen LogP contribution < -0.4 is 0 Å². The Morgan fingerprint density at radius 1 is 0.560 bits per heavy atom. The van der Waals surface area contributed by atoms with Crippen LogP contribution in [0.3, 0.4) is 0 Å². The number of rotatable bonds is 17. The normalized spacial score (nSPS) is 11.1. The van der Waals surface area contributed by atoms with Gasteiger partial charge in [-0.2, -0.15) is 0 Å². The smallest absolute Gasteiger partial charge is 0.181 e. The first-order valence-corrected chi connectivity index (χ1v) is 11.1. The predicted molar refractivity (Wildman–Crippen MR) is 110 cm³/mol. The van der Waals surface area contributed by atoms with E-state index in [2.05, 4.69) is 6.92 Å². The van der Waals surface area contributed by atoms with Crippen molar-refractivity contribution in [2.45, 2.75) is 116 Å². The van der Waals surface area contributed by atoms with Crippen LogP contribution >= 0.6 is 0 Å². The molecule has 0 aromatic heterocycles. The Morgan fingerprint density at radius 2 is 0.960 bits per heavy atom. The highest BCUT2D eigenvalue weighted by Crippen LogP contribution is 2.20. The van der Waals surface area contributed by atoms with Crippen LogP contribution in [0.4, 0.5) is 0 Å². The summed E-state index contributed by atoms with van der Waals surface area (Å²) in [6, 6.07) is 7.47. The molecule has 0 saturated carbocycles. The second-order valence-corrected chi connectivity index (χ2v) is 7.66. The van der Waals surface area contributed by atoms with Crippen LogP contribution in [0.15, 0.2) is 24.3 Å². The summed E-state index contributed by atoms with van der Waals surface area (Å²) in [6.07, 6.45) is 23.3. The number of hydrogen-bond acceptors (Lipinski definition) is 0. The van der Waals surface area contributed by atoms with E-state index in [4.69, 9.17) is 0 Å². The quantitative estimate of drug-likeness (QED) is 0.252. The SMILES string of the molecule is CCCCCCCCCCCCCCCCCCc1ccccc1[O]. The van der Waals surface area contributed by atoms with Gasteiger partial charge in [-0.15, -0.1) is 0 Å². The van der Waals surface area contributed by atoms with Gasteiger partial charge in [0.25, 0.3) is 0 Å². The van der Waals surface area contributed by atoms with E-state index < -0.39 is 0 Å². The Balaban J connectivity index is 1.75. The molecule has 0 aliphatic rings. The van der Waals surface area contributed by atoms with Crippen LogP contribution in [-0.2, 0) is 11.5 Å². The number of para-hydroxylation sites is 1. The molecule has 1 aromatic carbocycles. The van der Waals surface area contributed by atoms with E-state index >= 15 is 0 Å². The Labute approximate surface area is 157 Å². The zero-order valence-corrected chi connectivity index (χ0v) is 16.7. The van der Waals surface area contributed by atoms with E-state index in [-0.39, 0.29) is 5.75 Å². The second kappa shape index (κ2) is 16.5. The molecule has 0 atom stereocenters. The van der Waals surface area contributed by atoms with Crippen LogP contribution in [0, 0.1) is 0 Å². The molecular formula is C24H41O. The summed E-state index contributed by atoms with van der Waals surface area (Å²) in [5.74, 6) is 0.212. The fourth-order valence-electron chi connectivity index (χ4n) is 3.57. The first-order valence-electron chi connectivity index (χ1n) is 11.1. The first kappa shape index (κ1) is 22.1. The Kier molecular flexibility index (Phi) is 14.5. The first-order chi connectivity index (χ1) is 12.3. The van der Waals surface area contributed by atoms with E-state index in [1.165, 1.54) is 96.3 Å². The minimum Gasteiger partial charge on any atom is -0.290 e. The molecule has 143 valence electrons. The van der Waals surface area contributed by atoms with Gasteiger partial charge in [-0.05, 0) is 24.5 Å². The molecule has 25 heavy (non-hydrogen) atoms. The van der Waals surface area contributed by atoms with Gasteiger partial charge in [0.05, 0.1) is 0 Å². The topological polar surface area (TPSA) is 19.9 Å². The summed E-state index contributed by atoms with van der Waals surface area (Å²) in [4.78, 5) is 0. The maximum atomic E-state index is 11.6. The van der Waals surface area contributed by atoms with Crippen molar-refractivity contribution in [3.8, 4) is 5.75 Å². The largest absolute Gasteiger partial charge is 0.290 e. The van der Waals surface area contributed by atoms with Crippen molar-refractivity contribution in [2.75, 3.05) is 0 Å². The molecule has 0 saturated heterocycles. The van der Waals surface area contributed by atoms with Crippen molar-refractivity contribution >= 4 is 0 Å². The standard InChI is InChI=1S/C24H41O/c1-2-3-4-5-6-7-8-9-10-11-12-13-14-15-16-17-20-23-21-18-19-22-24(23)25/h18-19,21-22H,2-17,20H2,1H3. The van der Waals surface area contributed by atoms with Crippen molar-refractivity contribution in [3.05, 3.63) is 29.8 Å². The van der Waals surface area contributed by atoms with Crippen LogP contribution in [-0.4, -0.2) is 0 Å². The molecule has 0 unspecified atom stereocenters. The highest BCUT2D eigenvalue weighted by Gasteiger charge is 2.01. The number of hydrogen-bond donors (Lipinski definition) is 0. The molecule has 0 fully saturated rings. The second-order valence-electron chi connectivity index (χ2n) is 7.66. The lowest BCUT2D eigenvalue weighted by molar-refractivity contribution is 0.349. The maximum Gasteiger partial charge on any atom is 0.181 e. The Bertz CT molecular complexity index is 399. The third kappa shape index (κ3) is 13.0. The molecule has 0 heterocycles. The van der Waals surface area contributed by atoms with E-state index in [9.17, 15) is 5.11 Å². The van der Waals surface area contributed by atoms with Gasteiger partial charge in [0.15, 0.2) is 5.75 Å². The molecule has 0 spiro atoms. The van der Waals surface area contributed by atoms with Crippen molar-refractivity contribution in [3.63, 3.8) is 0 Å². The van der Waals surface area contributed by atoms with E-state index in [1.807, 2.05) is 18.2 Å². The van der Waals surface area contributed by atoms with Crippen LogP contribution in [0.2, 0.25) is 0 Å². The summed E-state index contributed by atoms with van der Waals surface area (Å²) in [5.41, 5.74) is 0.993. The summed E-state index contributed by atoms with van der Waals surface area (Å²) in [5, 5.41) is 11.6. The van der Waals surface area contributed by atoms with Gasteiger partial charge in [0.1, 0.15) is 0 Å². The maximum absolute atomic E-state index is 11.6. The fraction of sp³-hybridized carbons (Fsp3) is 0.750. The van der Waals surface area contributed by atoms with Gasteiger partial charge in [0.2, 0.25) is 0 Å². The summed E-state index contributed by atoms with van der Waals surface area (Å²) in [7, 11) is 0. The average molecular weight is 346 g/mol. The van der Waals surface area contributed by atoms with Gasteiger partial charge in [-0.3, -0.25) is 5.11 Å². The van der Waals surface area contributed by atoms with Crippen molar-refractivity contribution < 1.29 is 5.11 Å². The summed E-state index contributed by atoms with van der Waals surface area (Å²) >= 11 is 0.